The van der Waals surface area contributed by atoms with Crippen LogP contribution in [0.5, 0.6) is 0 Å². The molecule has 1 N–H and O–H groups in total. The van der Waals surface area contributed by atoms with E-state index in [0.717, 1.165) is 6.08 Å². The number of carboxylic acids is 1. The van der Waals surface area contributed by atoms with Gasteiger partial charge >= 0.3 is 5.97 Å². The summed E-state index contributed by atoms with van der Waals surface area (Å²) in [5, 5.41) is 9.89. The van der Waals surface area contributed by atoms with Crippen LogP contribution in [-0.2, 0) is 24.4 Å². The highest BCUT2D eigenvalue weighted by Crippen LogP contribution is 2.01. The van der Waals surface area contributed by atoms with Gasteiger partial charge in [0, 0.05) is 12.5 Å². The molecule has 148 valence electrons. The van der Waals surface area contributed by atoms with E-state index in [2.05, 4.69) is 6.58 Å². The maximum absolute atomic E-state index is 10.8. The molecular formula is C15H31N2O7S+. The van der Waals surface area contributed by atoms with E-state index in [-0.39, 0.29) is 18.9 Å². The molecule has 0 bridgehead atoms. The SMILES string of the molecule is C=CC(=O)OCC[N+](C)(C)CCCS(=O)(=O)O.C[N+](C)(C)CC(=O)[O-]. The van der Waals surface area contributed by atoms with E-state index in [1.807, 2.05) is 14.1 Å². The van der Waals surface area contributed by atoms with Crippen molar-refractivity contribution in [1.29, 1.82) is 0 Å². The lowest BCUT2D eigenvalue weighted by Gasteiger charge is -2.29. The van der Waals surface area contributed by atoms with Crippen molar-refractivity contribution in [2.45, 2.75) is 6.42 Å². The van der Waals surface area contributed by atoms with E-state index >= 15 is 0 Å². The minimum Gasteiger partial charge on any atom is -0.544 e. The predicted octanol–water partition coefficient (Wildman–Crippen LogP) is -1.49. The summed E-state index contributed by atoms with van der Waals surface area (Å²) in [6.07, 6.45) is 1.46. The van der Waals surface area contributed by atoms with Crippen LogP contribution in [0.25, 0.3) is 0 Å². The number of esters is 1. The smallest absolute Gasteiger partial charge is 0.330 e. The first-order valence-corrected chi connectivity index (χ1v) is 9.25. The molecule has 0 saturated carbocycles. The van der Waals surface area contributed by atoms with Crippen LogP contribution in [0.4, 0.5) is 0 Å². The van der Waals surface area contributed by atoms with Gasteiger partial charge in [0.1, 0.15) is 19.7 Å². The average Bonchev–Trinajstić information content (AvgIpc) is 2.33. The molecule has 0 unspecified atom stereocenters. The summed E-state index contributed by atoms with van der Waals surface area (Å²) in [5.41, 5.74) is 0. The minimum atomic E-state index is -3.89. The monoisotopic (exact) mass is 383 g/mol. The second-order valence-electron chi connectivity index (χ2n) is 7.21. The van der Waals surface area contributed by atoms with Crippen LogP contribution >= 0.6 is 0 Å². The Bertz CT molecular complexity index is 537. The van der Waals surface area contributed by atoms with Crippen LogP contribution in [0.1, 0.15) is 6.42 Å². The van der Waals surface area contributed by atoms with Gasteiger partial charge in [-0.3, -0.25) is 4.55 Å². The molecule has 25 heavy (non-hydrogen) atoms. The van der Waals surface area contributed by atoms with Gasteiger partial charge in [-0.05, 0) is 0 Å². The molecule has 0 amide bonds. The fraction of sp³-hybridized carbons (Fsp3) is 0.733. The number of carbonyl (C=O) groups is 2. The van der Waals surface area contributed by atoms with Crippen molar-refractivity contribution in [1.82, 2.24) is 0 Å². The molecule has 0 aromatic rings. The van der Waals surface area contributed by atoms with E-state index in [9.17, 15) is 23.1 Å². The molecule has 0 aliphatic carbocycles. The van der Waals surface area contributed by atoms with Crippen LogP contribution < -0.4 is 5.11 Å². The Morgan fingerprint density at radius 2 is 1.68 bits per heavy atom. The standard InChI is InChI=1S/C10H19NO5S.C5H11NO2/c1-4-10(12)16-8-7-11(2,3)6-5-9-17(13,14)15;1-6(2,3)4-5(7)8/h4H,1,5-9H2,2-3H3;4H2,1-3H3/p+1. The lowest BCUT2D eigenvalue weighted by Crippen LogP contribution is -2.45. The van der Waals surface area contributed by atoms with Crippen LogP contribution in [0.2, 0.25) is 0 Å². The van der Waals surface area contributed by atoms with E-state index in [1.165, 1.54) is 0 Å². The summed E-state index contributed by atoms with van der Waals surface area (Å²) in [6.45, 7) is 4.75. The third kappa shape index (κ3) is 22.5. The van der Waals surface area contributed by atoms with Crippen LogP contribution in [0.15, 0.2) is 12.7 Å². The van der Waals surface area contributed by atoms with E-state index < -0.39 is 22.1 Å². The third-order valence-corrected chi connectivity index (χ3v) is 3.68. The number of ether oxygens (including phenoxy) is 1. The Balaban J connectivity index is 0. The number of likely N-dealkylation sites (N-methyl/N-ethyl adjacent to an activating group) is 2. The molecule has 0 saturated heterocycles. The summed E-state index contributed by atoms with van der Waals surface area (Å²) in [5.74, 6) is -1.72. The van der Waals surface area contributed by atoms with Gasteiger partial charge in [0.05, 0.1) is 53.5 Å². The summed E-state index contributed by atoms with van der Waals surface area (Å²) >= 11 is 0. The highest BCUT2D eigenvalue weighted by Gasteiger charge is 2.17. The summed E-state index contributed by atoms with van der Waals surface area (Å²) in [7, 11) is 5.30. The molecule has 0 heterocycles. The second-order valence-corrected chi connectivity index (χ2v) is 8.79. The molecule has 10 heteroatoms. The molecule has 0 aliphatic rings. The molecule has 0 aromatic carbocycles. The molecule has 0 spiro atoms. The highest BCUT2D eigenvalue weighted by molar-refractivity contribution is 7.85. The van der Waals surface area contributed by atoms with Crippen molar-refractivity contribution in [3.05, 3.63) is 12.7 Å². The van der Waals surface area contributed by atoms with E-state index in [0.29, 0.717) is 28.5 Å². The van der Waals surface area contributed by atoms with E-state index in [1.54, 1.807) is 21.1 Å². The number of hydrogen-bond donors (Lipinski definition) is 1. The summed E-state index contributed by atoms with van der Waals surface area (Å²) < 4.78 is 35.4. The fourth-order valence-electron chi connectivity index (χ4n) is 1.63. The number of rotatable bonds is 10. The zero-order valence-electron chi connectivity index (χ0n) is 15.7. The van der Waals surface area contributed by atoms with Crippen molar-refractivity contribution in [3.8, 4) is 0 Å². The third-order valence-electron chi connectivity index (χ3n) is 2.88. The van der Waals surface area contributed by atoms with Crippen LogP contribution in [0.3, 0.4) is 0 Å². The topological polar surface area (TPSA) is 121 Å². The zero-order chi connectivity index (χ0) is 20.3. The minimum absolute atomic E-state index is 0.0694. The van der Waals surface area contributed by atoms with Crippen LogP contribution in [-0.4, -0.2) is 101 Å². The Labute approximate surface area is 150 Å². The van der Waals surface area contributed by atoms with Crippen molar-refractivity contribution in [3.63, 3.8) is 0 Å². The zero-order valence-corrected chi connectivity index (χ0v) is 16.5. The predicted molar refractivity (Wildman–Crippen MR) is 91.9 cm³/mol. The Hall–Kier alpha value is -1.49. The molecule has 0 rings (SSSR count). The van der Waals surface area contributed by atoms with Gasteiger partial charge in [0.15, 0.2) is 0 Å². The van der Waals surface area contributed by atoms with Gasteiger partial charge in [-0.25, -0.2) is 4.79 Å². The molecule has 0 fully saturated rings. The number of carbonyl (C=O) groups excluding carboxylic acids is 2. The highest BCUT2D eigenvalue weighted by atomic mass is 32.2. The first kappa shape index (κ1) is 25.7. The van der Waals surface area contributed by atoms with E-state index in [4.69, 9.17) is 9.29 Å². The lowest BCUT2D eigenvalue weighted by atomic mass is 10.3. The maximum atomic E-state index is 10.8. The number of aliphatic carboxylic acids is 1. The Morgan fingerprint density at radius 3 is 2.00 bits per heavy atom. The van der Waals surface area contributed by atoms with Crippen LogP contribution in [0, 0.1) is 0 Å². The maximum Gasteiger partial charge on any atom is 0.330 e. The average molecular weight is 383 g/mol. The van der Waals surface area contributed by atoms with Gasteiger partial charge in [-0.1, -0.05) is 6.58 Å². The van der Waals surface area contributed by atoms with Gasteiger partial charge in [0.25, 0.3) is 10.1 Å². The number of carboxylic acid groups (broad SMARTS) is 1. The van der Waals surface area contributed by atoms with Crippen molar-refractivity contribution in [2.24, 2.45) is 0 Å². The van der Waals surface area contributed by atoms with Crippen molar-refractivity contribution < 1.29 is 41.4 Å². The quantitative estimate of drug-likeness (QED) is 0.211. The molecule has 0 aromatic heterocycles. The largest absolute Gasteiger partial charge is 0.544 e. The first-order valence-electron chi connectivity index (χ1n) is 7.64. The fourth-order valence-corrected chi connectivity index (χ4v) is 2.12. The molecule has 0 radical (unpaired) electrons. The Kier molecular flexibility index (Phi) is 11.5. The van der Waals surface area contributed by atoms with Crippen molar-refractivity contribution >= 4 is 22.1 Å². The summed E-state index contributed by atoms with van der Waals surface area (Å²) in [4.78, 5) is 20.7. The van der Waals surface area contributed by atoms with Crippen molar-refractivity contribution in [2.75, 3.05) is 67.2 Å². The molecule has 9 nitrogen and oxygen atoms in total. The molecule has 0 aliphatic heterocycles. The molecular weight excluding hydrogens is 352 g/mol. The lowest BCUT2D eigenvalue weighted by molar-refractivity contribution is -0.890. The normalized spacial score (nSPS) is 11.9. The number of quaternary nitrogens is 2. The van der Waals surface area contributed by atoms with Gasteiger partial charge in [-0.2, -0.15) is 8.42 Å². The van der Waals surface area contributed by atoms with Gasteiger partial charge in [-0.15, -0.1) is 0 Å². The first-order chi connectivity index (χ1) is 11.1. The molecule has 0 atom stereocenters. The van der Waals surface area contributed by atoms with Gasteiger partial charge < -0.3 is 23.6 Å². The van der Waals surface area contributed by atoms with Gasteiger partial charge in [0.2, 0.25) is 0 Å². The number of nitrogens with zero attached hydrogens (tertiary/aromatic N) is 2. The second kappa shape index (κ2) is 11.2. The number of hydrogen-bond acceptors (Lipinski definition) is 6. The summed E-state index contributed by atoms with van der Waals surface area (Å²) in [6, 6.07) is 0. The Morgan fingerprint density at radius 1 is 1.16 bits per heavy atom.